The summed E-state index contributed by atoms with van der Waals surface area (Å²) in [5, 5.41) is 16.4. The van der Waals surface area contributed by atoms with Crippen molar-refractivity contribution in [3.8, 4) is 16.9 Å². The van der Waals surface area contributed by atoms with Crippen molar-refractivity contribution >= 4 is 29.2 Å². The van der Waals surface area contributed by atoms with Crippen LogP contribution in [0, 0.1) is 18.6 Å². The minimum absolute atomic E-state index is 0.0387. The molecule has 2 amide bonds. The fraction of sp³-hybridized carbons (Fsp3) is 0.0741. The second kappa shape index (κ2) is 10.8. The third-order valence-corrected chi connectivity index (χ3v) is 6.19. The molecule has 3 aromatic heterocycles. The molecule has 0 saturated carbocycles. The number of benzene rings is 2. The number of nitrogens with one attached hydrogen (secondary N) is 3. The van der Waals surface area contributed by atoms with Gasteiger partial charge in [0.25, 0.3) is 11.8 Å². The zero-order valence-electron chi connectivity index (χ0n) is 20.4. The zero-order valence-corrected chi connectivity index (χ0v) is 21.1. The van der Waals surface area contributed by atoms with Gasteiger partial charge < -0.3 is 10.6 Å². The molecule has 3 heterocycles. The lowest BCUT2D eigenvalue weighted by atomic mass is 10.1. The molecule has 0 aliphatic heterocycles. The van der Waals surface area contributed by atoms with Crippen LogP contribution in [-0.4, -0.2) is 36.8 Å². The van der Waals surface area contributed by atoms with Gasteiger partial charge in [0.05, 0.1) is 22.5 Å². The molecule has 2 aromatic carbocycles. The van der Waals surface area contributed by atoms with E-state index >= 15 is 0 Å². The average Bonchev–Trinajstić information content (AvgIpc) is 3.54. The van der Waals surface area contributed by atoms with Crippen molar-refractivity contribution in [2.24, 2.45) is 0 Å². The Morgan fingerprint density at radius 3 is 2.54 bits per heavy atom. The summed E-state index contributed by atoms with van der Waals surface area (Å²) in [5.41, 5.74) is 1.62. The zero-order chi connectivity index (χ0) is 27.5. The van der Waals surface area contributed by atoms with Gasteiger partial charge in [0.15, 0.2) is 5.69 Å². The number of rotatable bonds is 7. The van der Waals surface area contributed by atoms with Crippen molar-refractivity contribution in [3.63, 3.8) is 0 Å². The van der Waals surface area contributed by atoms with Gasteiger partial charge >= 0.3 is 0 Å². The van der Waals surface area contributed by atoms with Crippen LogP contribution in [0.5, 0.6) is 0 Å². The number of aryl methyl sites for hydroxylation is 1. The summed E-state index contributed by atoms with van der Waals surface area (Å²) in [6.45, 7) is 2.06. The van der Waals surface area contributed by atoms with E-state index in [9.17, 15) is 18.4 Å². The lowest BCUT2D eigenvalue weighted by Crippen LogP contribution is -2.23. The molecule has 5 aromatic rings. The molecule has 3 N–H and O–H groups in total. The van der Waals surface area contributed by atoms with Crippen LogP contribution < -0.4 is 10.6 Å². The third-order valence-electron chi connectivity index (χ3n) is 5.87. The number of hydrogen-bond donors (Lipinski definition) is 3. The maximum atomic E-state index is 14.7. The van der Waals surface area contributed by atoms with Crippen LogP contribution in [0.4, 0.5) is 14.6 Å². The smallest absolute Gasteiger partial charge is 0.272 e. The number of carbonyl (C=O) groups excluding carboxylic acids is 2. The highest BCUT2D eigenvalue weighted by Crippen LogP contribution is 2.30. The molecule has 39 heavy (non-hydrogen) atoms. The van der Waals surface area contributed by atoms with E-state index in [-0.39, 0.29) is 39.9 Å². The molecule has 0 unspecified atom stereocenters. The summed E-state index contributed by atoms with van der Waals surface area (Å²) < 4.78 is 30.4. The van der Waals surface area contributed by atoms with E-state index in [0.29, 0.717) is 5.69 Å². The van der Waals surface area contributed by atoms with E-state index in [2.05, 4.69) is 30.9 Å². The third kappa shape index (κ3) is 5.39. The summed E-state index contributed by atoms with van der Waals surface area (Å²) >= 11 is 6.20. The van der Waals surface area contributed by atoms with Crippen LogP contribution in [0.3, 0.4) is 0 Å². The Hall–Kier alpha value is -4.90. The van der Waals surface area contributed by atoms with Gasteiger partial charge in [-0.1, -0.05) is 29.8 Å². The summed E-state index contributed by atoms with van der Waals surface area (Å²) in [6.07, 6.45) is 2.92. The van der Waals surface area contributed by atoms with Crippen LogP contribution in [0.15, 0.2) is 73.1 Å². The highest BCUT2D eigenvalue weighted by molar-refractivity contribution is 6.34. The molecule has 5 rings (SSSR count). The number of anilines is 1. The summed E-state index contributed by atoms with van der Waals surface area (Å²) in [5.74, 6) is -2.64. The van der Waals surface area contributed by atoms with Crippen molar-refractivity contribution in [3.05, 3.63) is 112 Å². The number of aromatic nitrogens is 5. The minimum Gasteiger partial charge on any atom is -0.346 e. The Morgan fingerprint density at radius 1 is 1.03 bits per heavy atom. The second-order valence-corrected chi connectivity index (χ2v) is 8.87. The number of pyridine rings is 1. The van der Waals surface area contributed by atoms with E-state index in [1.165, 1.54) is 23.0 Å². The van der Waals surface area contributed by atoms with Gasteiger partial charge in [-0.2, -0.15) is 10.2 Å². The Morgan fingerprint density at radius 2 is 1.82 bits per heavy atom. The second-order valence-electron chi connectivity index (χ2n) is 8.46. The first-order valence-electron chi connectivity index (χ1n) is 11.7. The Balaban J connectivity index is 1.47. The number of H-pyrrole nitrogens is 1. The number of para-hydroxylation sites is 1. The molecule has 0 spiro atoms. The van der Waals surface area contributed by atoms with Gasteiger partial charge in [-0.25, -0.2) is 13.5 Å². The van der Waals surface area contributed by atoms with Crippen molar-refractivity contribution in [1.29, 1.82) is 0 Å². The summed E-state index contributed by atoms with van der Waals surface area (Å²) in [7, 11) is 0. The van der Waals surface area contributed by atoms with Gasteiger partial charge in [-0.15, -0.1) is 0 Å². The van der Waals surface area contributed by atoms with E-state index < -0.39 is 23.4 Å². The molecule has 0 fully saturated rings. The van der Waals surface area contributed by atoms with Crippen LogP contribution >= 0.6 is 11.6 Å². The molecule has 0 atom stereocenters. The first kappa shape index (κ1) is 25.7. The van der Waals surface area contributed by atoms with Crippen molar-refractivity contribution in [2.75, 3.05) is 5.32 Å². The molecule has 12 heteroatoms. The van der Waals surface area contributed by atoms with Crippen LogP contribution in [0.1, 0.15) is 32.1 Å². The quantitative estimate of drug-likeness (QED) is 0.263. The minimum atomic E-state index is -0.838. The highest BCUT2D eigenvalue weighted by atomic mass is 35.5. The molecular formula is C27H20ClF2N7O2. The number of halogens is 3. The maximum Gasteiger partial charge on any atom is 0.272 e. The standard InChI is InChI=1S/C27H20ClF2N7O2/c1-15-16(14-33-35-15)13-32-27(39)23-12-24(37(36-23)17-6-3-2-4-7-17)34-26(38)18-10-19(22(30)11-20(18)28)25-21(29)8-5-9-31-25/h2-12,14H,13H2,1H3,(H,32,39)(H,33,35)(H,34,38). The molecule has 0 radical (unpaired) electrons. The monoisotopic (exact) mass is 547 g/mol. The van der Waals surface area contributed by atoms with E-state index in [0.717, 1.165) is 29.5 Å². The van der Waals surface area contributed by atoms with Crippen molar-refractivity contribution in [1.82, 2.24) is 30.3 Å². The SMILES string of the molecule is Cc1[nH]ncc1CNC(=O)c1cc(NC(=O)c2cc(-c3ncccc3F)c(F)cc2Cl)n(-c2ccccc2)n1. The Bertz CT molecular complexity index is 1680. The number of amides is 2. The fourth-order valence-electron chi connectivity index (χ4n) is 3.84. The summed E-state index contributed by atoms with van der Waals surface area (Å²) in [6, 6.07) is 14.8. The number of aromatic amines is 1. The van der Waals surface area contributed by atoms with Crippen LogP contribution in [-0.2, 0) is 6.54 Å². The van der Waals surface area contributed by atoms with Crippen LogP contribution in [0.2, 0.25) is 5.02 Å². The lowest BCUT2D eigenvalue weighted by molar-refractivity contribution is 0.0944. The number of hydrogen-bond acceptors (Lipinski definition) is 5. The topological polar surface area (TPSA) is 118 Å². The van der Waals surface area contributed by atoms with Crippen molar-refractivity contribution < 1.29 is 18.4 Å². The average molecular weight is 548 g/mol. The van der Waals surface area contributed by atoms with E-state index in [1.54, 1.807) is 30.5 Å². The van der Waals surface area contributed by atoms with Crippen LogP contribution in [0.25, 0.3) is 16.9 Å². The lowest BCUT2D eigenvalue weighted by Gasteiger charge is -2.11. The van der Waals surface area contributed by atoms with Gasteiger partial charge in [-0.05, 0) is 43.3 Å². The number of carbonyl (C=O) groups is 2. The molecule has 196 valence electrons. The van der Waals surface area contributed by atoms with E-state index in [1.807, 2.05) is 13.0 Å². The van der Waals surface area contributed by atoms with Gasteiger partial charge in [0.2, 0.25) is 0 Å². The fourth-order valence-corrected chi connectivity index (χ4v) is 4.08. The van der Waals surface area contributed by atoms with Gasteiger partial charge in [0.1, 0.15) is 23.1 Å². The maximum absolute atomic E-state index is 14.7. The Labute approximate surface area is 225 Å². The largest absolute Gasteiger partial charge is 0.346 e. The first-order chi connectivity index (χ1) is 18.8. The Kier molecular flexibility index (Phi) is 7.15. The van der Waals surface area contributed by atoms with Crippen molar-refractivity contribution in [2.45, 2.75) is 13.5 Å². The molecule has 9 nitrogen and oxygen atoms in total. The normalized spacial score (nSPS) is 10.9. The number of nitrogens with zero attached hydrogens (tertiary/aromatic N) is 4. The molecular weight excluding hydrogens is 528 g/mol. The molecule has 0 saturated heterocycles. The molecule has 0 aliphatic rings. The predicted molar refractivity (Wildman–Crippen MR) is 141 cm³/mol. The van der Waals surface area contributed by atoms with Gasteiger partial charge in [-0.3, -0.25) is 19.7 Å². The summed E-state index contributed by atoms with van der Waals surface area (Å²) in [4.78, 5) is 30.1. The van der Waals surface area contributed by atoms with E-state index in [4.69, 9.17) is 11.6 Å². The molecule has 0 aliphatic carbocycles. The first-order valence-corrected chi connectivity index (χ1v) is 12.0. The van der Waals surface area contributed by atoms with Gasteiger partial charge in [0, 0.05) is 35.6 Å². The predicted octanol–water partition coefficient (Wildman–Crippen LogP) is 5.08. The molecule has 0 bridgehead atoms. The highest BCUT2D eigenvalue weighted by Gasteiger charge is 2.22.